The van der Waals surface area contributed by atoms with Crippen LogP contribution in [-0.2, 0) is 20.1 Å². The molecule has 6 heteroatoms. The minimum Gasteiger partial charge on any atom is -0.394 e. The highest BCUT2D eigenvalue weighted by Gasteiger charge is 2.24. The molecule has 0 saturated carbocycles. The van der Waals surface area contributed by atoms with Crippen molar-refractivity contribution in [2.24, 2.45) is 7.05 Å². The molecule has 6 nitrogen and oxygen atoms in total. The summed E-state index contributed by atoms with van der Waals surface area (Å²) in [5.74, 6) is 0.443. The van der Waals surface area contributed by atoms with Crippen LogP contribution in [0.2, 0.25) is 0 Å². The van der Waals surface area contributed by atoms with Gasteiger partial charge in [-0.05, 0) is 44.0 Å². The number of nitrogens with zero attached hydrogens (tertiary/aromatic N) is 5. The Balaban J connectivity index is 1.68. The summed E-state index contributed by atoms with van der Waals surface area (Å²) < 4.78 is 3.78. The quantitative estimate of drug-likeness (QED) is 0.909. The van der Waals surface area contributed by atoms with Gasteiger partial charge < -0.3 is 9.67 Å². The maximum atomic E-state index is 9.19. The van der Waals surface area contributed by atoms with E-state index in [9.17, 15) is 5.26 Å². The highest BCUT2D eigenvalue weighted by Crippen LogP contribution is 2.27. The monoisotopic (exact) mass is 327 g/mol. The van der Waals surface area contributed by atoms with Crippen LogP contribution in [0.5, 0.6) is 0 Å². The molecule has 2 aromatic rings. The van der Waals surface area contributed by atoms with Crippen molar-refractivity contribution in [2.45, 2.75) is 38.8 Å². The Bertz CT molecular complexity index is 739. The first-order chi connectivity index (χ1) is 11.6. The van der Waals surface area contributed by atoms with Gasteiger partial charge in [0.2, 0.25) is 0 Å². The van der Waals surface area contributed by atoms with Crippen molar-refractivity contribution in [3.05, 3.63) is 41.0 Å². The van der Waals surface area contributed by atoms with Gasteiger partial charge >= 0.3 is 0 Å². The number of aliphatic hydroxyl groups excluding tert-OH is 1. The van der Waals surface area contributed by atoms with Crippen molar-refractivity contribution in [3.8, 4) is 6.07 Å². The number of hydrogen-bond acceptors (Lipinski definition) is 4. The fraction of sp³-hybridized carbons (Fsp3) is 0.556. The first kappa shape index (κ1) is 16.7. The van der Waals surface area contributed by atoms with Gasteiger partial charge in [-0.1, -0.05) is 0 Å². The van der Waals surface area contributed by atoms with Crippen LogP contribution in [0.1, 0.15) is 41.4 Å². The zero-order valence-electron chi connectivity index (χ0n) is 14.4. The van der Waals surface area contributed by atoms with Crippen LogP contribution < -0.4 is 0 Å². The van der Waals surface area contributed by atoms with Crippen LogP contribution >= 0.6 is 0 Å². The average Bonchev–Trinajstić information content (AvgIpc) is 3.16. The molecule has 1 aliphatic heterocycles. The Hall–Kier alpha value is -2.10. The van der Waals surface area contributed by atoms with Crippen molar-refractivity contribution in [2.75, 3.05) is 19.7 Å². The number of rotatable bonds is 5. The maximum absolute atomic E-state index is 9.19. The zero-order valence-corrected chi connectivity index (χ0v) is 14.4. The van der Waals surface area contributed by atoms with E-state index in [-0.39, 0.29) is 6.61 Å². The van der Waals surface area contributed by atoms with E-state index in [2.05, 4.69) is 29.1 Å². The third-order valence-electron chi connectivity index (χ3n) is 5.06. The van der Waals surface area contributed by atoms with Crippen molar-refractivity contribution < 1.29 is 5.11 Å². The molecule has 1 saturated heterocycles. The highest BCUT2D eigenvalue weighted by atomic mass is 16.3. The molecular formula is C18H25N5O. The van der Waals surface area contributed by atoms with Crippen LogP contribution in [0, 0.1) is 18.3 Å². The molecule has 3 rings (SSSR count). The Morgan fingerprint density at radius 1 is 1.46 bits per heavy atom. The molecule has 1 fully saturated rings. The molecule has 128 valence electrons. The lowest BCUT2D eigenvalue weighted by Crippen LogP contribution is -2.34. The predicted molar refractivity (Wildman–Crippen MR) is 91.4 cm³/mol. The second-order valence-corrected chi connectivity index (χ2v) is 6.61. The molecule has 1 aliphatic rings. The van der Waals surface area contributed by atoms with Gasteiger partial charge in [-0.15, -0.1) is 0 Å². The third-order valence-corrected chi connectivity index (χ3v) is 5.06. The smallest absolute Gasteiger partial charge is 0.120 e. The molecule has 0 spiro atoms. The number of aliphatic hydroxyl groups is 1. The van der Waals surface area contributed by atoms with Crippen LogP contribution in [-0.4, -0.2) is 44.1 Å². The lowest BCUT2D eigenvalue weighted by molar-refractivity contribution is 0.197. The van der Waals surface area contributed by atoms with E-state index < -0.39 is 0 Å². The van der Waals surface area contributed by atoms with Crippen LogP contribution in [0.4, 0.5) is 0 Å². The van der Waals surface area contributed by atoms with Gasteiger partial charge in [-0.2, -0.15) is 10.4 Å². The van der Waals surface area contributed by atoms with Crippen LogP contribution in [0.3, 0.4) is 0 Å². The molecule has 0 aliphatic carbocycles. The largest absolute Gasteiger partial charge is 0.394 e. The number of piperidine rings is 1. The van der Waals surface area contributed by atoms with Gasteiger partial charge in [0.15, 0.2) is 0 Å². The number of nitriles is 1. The predicted octanol–water partition coefficient (Wildman–Crippen LogP) is 1.77. The Morgan fingerprint density at radius 3 is 3.00 bits per heavy atom. The fourth-order valence-corrected chi connectivity index (χ4v) is 3.53. The maximum Gasteiger partial charge on any atom is 0.120 e. The van der Waals surface area contributed by atoms with Crippen LogP contribution in [0.25, 0.3) is 0 Å². The topological polar surface area (TPSA) is 70.0 Å². The number of likely N-dealkylation sites (tertiary alicyclic amines) is 1. The number of hydrogen-bond donors (Lipinski definition) is 1. The van der Waals surface area contributed by atoms with Crippen molar-refractivity contribution in [1.29, 1.82) is 5.26 Å². The molecule has 0 amide bonds. The fourth-order valence-electron chi connectivity index (χ4n) is 3.53. The summed E-state index contributed by atoms with van der Waals surface area (Å²) in [5, 5.41) is 22.8. The Morgan fingerprint density at radius 2 is 2.29 bits per heavy atom. The van der Waals surface area contributed by atoms with E-state index >= 15 is 0 Å². The minimum absolute atomic E-state index is 0.117. The lowest BCUT2D eigenvalue weighted by Gasteiger charge is -2.32. The number of aromatic nitrogens is 3. The molecule has 0 aromatic carbocycles. The summed E-state index contributed by atoms with van der Waals surface area (Å²) >= 11 is 0. The van der Waals surface area contributed by atoms with Crippen LogP contribution in [0.15, 0.2) is 18.3 Å². The molecule has 1 N–H and O–H groups in total. The highest BCUT2D eigenvalue weighted by molar-refractivity contribution is 5.34. The van der Waals surface area contributed by atoms with Gasteiger partial charge in [-0.25, -0.2) is 0 Å². The zero-order chi connectivity index (χ0) is 17.1. The molecule has 0 bridgehead atoms. The molecule has 1 unspecified atom stereocenters. The molecular weight excluding hydrogens is 302 g/mol. The van der Waals surface area contributed by atoms with E-state index in [1.54, 1.807) is 0 Å². The normalized spacial score (nSPS) is 18.7. The summed E-state index contributed by atoms with van der Waals surface area (Å²) in [5.41, 5.74) is 4.25. The van der Waals surface area contributed by atoms with E-state index in [0.29, 0.717) is 12.5 Å². The van der Waals surface area contributed by atoms with Gasteiger partial charge in [0.05, 0.1) is 18.8 Å². The van der Waals surface area contributed by atoms with Gasteiger partial charge in [0.25, 0.3) is 0 Å². The first-order valence-electron chi connectivity index (χ1n) is 8.54. The molecule has 2 aromatic heterocycles. The van der Waals surface area contributed by atoms with E-state index in [1.165, 1.54) is 11.3 Å². The first-order valence-corrected chi connectivity index (χ1v) is 8.54. The van der Waals surface area contributed by atoms with Crippen molar-refractivity contribution in [3.63, 3.8) is 0 Å². The van der Waals surface area contributed by atoms with E-state index in [1.807, 2.05) is 28.6 Å². The summed E-state index contributed by atoms with van der Waals surface area (Å²) in [6, 6.07) is 6.34. The standard InChI is InChI=1S/C18H25N5O/c1-14-16(10-17(11-19)21(14)2)13-22-6-3-4-15(12-22)18-5-7-23(20-18)8-9-24/h5,7,10,15,24H,3-4,6,8-9,12-13H2,1-2H3. The minimum atomic E-state index is 0.117. The molecule has 0 radical (unpaired) electrons. The molecule has 1 atom stereocenters. The Labute approximate surface area is 142 Å². The van der Waals surface area contributed by atoms with Crippen molar-refractivity contribution >= 4 is 0 Å². The third kappa shape index (κ3) is 3.37. The van der Waals surface area contributed by atoms with E-state index in [4.69, 9.17) is 5.11 Å². The molecule has 24 heavy (non-hydrogen) atoms. The summed E-state index contributed by atoms with van der Waals surface area (Å²) in [4.78, 5) is 2.46. The lowest BCUT2D eigenvalue weighted by atomic mass is 9.94. The SMILES string of the molecule is Cc1c(CN2CCCC(c3ccn(CCO)n3)C2)cc(C#N)n1C. The van der Waals surface area contributed by atoms with Gasteiger partial charge in [0.1, 0.15) is 11.8 Å². The van der Waals surface area contributed by atoms with E-state index in [0.717, 1.165) is 43.9 Å². The second kappa shape index (κ2) is 7.20. The summed E-state index contributed by atoms with van der Waals surface area (Å²) in [6.45, 7) is 5.71. The van der Waals surface area contributed by atoms with Crippen molar-refractivity contribution in [1.82, 2.24) is 19.2 Å². The average molecular weight is 327 g/mol. The second-order valence-electron chi connectivity index (χ2n) is 6.61. The summed E-state index contributed by atoms with van der Waals surface area (Å²) in [6.07, 6.45) is 4.27. The Kier molecular flexibility index (Phi) is 5.03. The van der Waals surface area contributed by atoms with Gasteiger partial charge in [0, 0.05) is 37.9 Å². The van der Waals surface area contributed by atoms with Gasteiger partial charge in [-0.3, -0.25) is 9.58 Å². The molecule has 3 heterocycles. The summed E-state index contributed by atoms with van der Waals surface area (Å²) in [7, 11) is 1.95.